The molecule has 0 aromatic carbocycles. The van der Waals surface area contributed by atoms with Crippen molar-refractivity contribution in [2.45, 2.75) is 6.42 Å². The molecule has 0 fully saturated rings. The molecule has 5 heteroatoms. The van der Waals surface area contributed by atoms with E-state index in [0.29, 0.717) is 11.0 Å². The van der Waals surface area contributed by atoms with Gasteiger partial charge in [0.25, 0.3) is 0 Å². The van der Waals surface area contributed by atoms with Gasteiger partial charge in [-0.25, -0.2) is 0 Å². The Bertz CT molecular complexity index is 339. The highest BCUT2D eigenvalue weighted by Crippen LogP contribution is 2.42. The van der Waals surface area contributed by atoms with E-state index in [9.17, 15) is 9.46 Å². The summed E-state index contributed by atoms with van der Waals surface area (Å²) in [5.74, 6) is 2.33. The molecule has 0 saturated heterocycles. The first kappa shape index (κ1) is 10.5. The van der Waals surface area contributed by atoms with E-state index in [1.54, 1.807) is 17.5 Å². The van der Waals surface area contributed by atoms with Crippen molar-refractivity contribution in [1.29, 1.82) is 0 Å². The fourth-order valence-corrected chi connectivity index (χ4v) is 2.79. The Morgan fingerprint density at radius 2 is 2.54 bits per heavy atom. The molecule has 0 spiro atoms. The second-order valence-corrected chi connectivity index (χ2v) is 5.29. The Morgan fingerprint density at radius 3 is 3.08 bits per heavy atom. The molecule has 0 aliphatic rings. The molecule has 0 aliphatic carbocycles. The van der Waals surface area contributed by atoms with Crippen LogP contribution in [-0.4, -0.2) is 11.5 Å². The van der Waals surface area contributed by atoms with E-state index in [1.807, 2.05) is 0 Å². The highest BCUT2D eigenvalue weighted by Gasteiger charge is 2.22. The summed E-state index contributed by atoms with van der Waals surface area (Å²) in [5.41, 5.74) is 0. The van der Waals surface area contributed by atoms with Crippen LogP contribution in [0.15, 0.2) is 17.5 Å². The SMILES string of the molecule is C#CCCOP(=O)(O)c1cccs1. The van der Waals surface area contributed by atoms with Gasteiger partial charge in [0, 0.05) is 6.42 Å². The molecule has 0 radical (unpaired) electrons. The summed E-state index contributed by atoms with van der Waals surface area (Å²) in [4.78, 5) is 9.38. The first-order chi connectivity index (χ1) is 6.17. The van der Waals surface area contributed by atoms with Gasteiger partial charge in [-0.3, -0.25) is 4.57 Å². The summed E-state index contributed by atoms with van der Waals surface area (Å²) < 4.78 is 16.6. The van der Waals surface area contributed by atoms with Gasteiger partial charge in [-0.05, 0) is 11.4 Å². The Kier molecular flexibility index (Phi) is 3.71. The van der Waals surface area contributed by atoms with Crippen LogP contribution in [0.2, 0.25) is 0 Å². The second kappa shape index (κ2) is 4.59. The maximum absolute atomic E-state index is 11.4. The molecule has 1 atom stereocenters. The number of thiophene rings is 1. The molecule has 3 nitrogen and oxygen atoms in total. The van der Waals surface area contributed by atoms with Crippen molar-refractivity contribution in [3.63, 3.8) is 0 Å². The van der Waals surface area contributed by atoms with Gasteiger partial charge in [0.1, 0.15) is 4.62 Å². The lowest BCUT2D eigenvalue weighted by Gasteiger charge is -2.08. The van der Waals surface area contributed by atoms with Crippen LogP contribution in [0.3, 0.4) is 0 Å². The minimum absolute atomic E-state index is 0.113. The Balaban J connectivity index is 2.58. The van der Waals surface area contributed by atoms with E-state index in [0.717, 1.165) is 0 Å². The summed E-state index contributed by atoms with van der Waals surface area (Å²) in [6.07, 6.45) is 5.32. The minimum atomic E-state index is -3.60. The monoisotopic (exact) mass is 216 g/mol. The average Bonchev–Trinajstić information content (AvgIpc) is 2.56. The third-order valence-electron chi connectivity index (χ3n) is 1.30. The van der Waals surface area contributed by atoms with Crippen molar-refractivity contribution in [3.05, 3.63) is 17.5 Å². The van der Waals surface area contributed by atoms with Gasteiger partial charge >= 0.3 is 7.60 Å². The summed E-state index contributed by atoms with van der Waals surface area (Å²) in [6.45, 7) is 0.113. The maximum Gasteiger partial charge on any atom is 0.368 e. The van der Waals surface area contributed by atoms with Crippen LogP contribution in [0.25, 0.3) is 0 Å². The second-order valence-electron chi connectivity index (χ2n) is 2.26. The molecule has 0 saturated carbocycles. The van der Waals surface area contributed by atoms with Gasteiger partial charge < -0.3 is 9.42 Å². The van der Waals surface area contributed by atoms with Gasteiger partial charge in [0.2, 0.25) is 0 Å². The summed E-state index contributed by atoms with van der Waals surface area (Å²) >= 11 is 1.20. The predicted octanol–water partition coefficient (Wildman–Crippen LogP) is 1.60. The smallest absolute Gasteiger partial charge is 0.320 e. The molecule has 1 rings (SSSR count). The maximum atomic E-state index is 11.4. The standard InChI is InChI=1S/C8H9O3PS/c1-2-3-6-11-12(9,10)8-5-4-7-13-8/h1,4-5,7H,3,6H2,(H,9,10). The molecule has 0 bridgehead atoms. The number of terminal acetylenes is 1. The van der Waals surface area contributed by atoms with Crippen LogP contribution in [0.5, 0.6) is 0 Å². The lowest BCUT2D eigenvalue weighted by molar-refractivity contribution is 0.276. The van der Waals surface area contributed by atoms with E-state index in [-0.39, 0.29) is 6.61 Å². The fraction of sp³-hybridized carbons (Fsp3) is 0.250. The first-order valence-electron chi connectivity index (χ1n) is 3.61. The molecule has 0 amide bonds. The molecule has 13 heavy (non-hydrogen) atoms. The van der Waals surface area contributed by atoms with E-state index in [1.165, 1.54) is 11.3 Å². The third-order valence-corrected chi connectivity index (χ3v) is 4.22. The Labute approximate surface area is 80.9 Å². The highest BCUT2D eigenvalue weighted by atomic mass is 32.1. The fourth-order valence-electron chi connectivity index (χ4n) is 0.723. The van der Waals surface area contributed by atoms with Crippen LogP contribution in [0, 0.1) is 12.3 Å². The van der Waals surface area contributed by atoms with Crippen molar-refractivity contribution in [2.75, 3.05) is 6.61 Å². The van der Waals surface area contributed by atoms with Gasteiger partial charge in [0.05, 0.1) is 6.61 Å². The molecule has 0 aliphatic heterocycles. The third kappa shape index (κ3) is 2.98. The summed E-state index contributed by atoms with van der Waals surface area (Å²) in [6, 6.07) is 3.27. The van der Waals surface area contributed by atoms with E-state index < -0.39 is 7.60 Å². The van der Waals surface area contributed by atoms with Crippen molar-refractivity contribution in [1.82, 2.24) is 0 Å². The quantitative estimate of drug-likeness (QED) is 0.472. The largest absolute Gasteiger partial charge is 0.368 e. The molecular formula is C8H9O3PS. The average molecular weight is 216 g/mol. The summed E-state index contributed by atoms with van der Waals surface area (Å²) in [5, 5.41) is 1.72. The van der Waals surface area contributed by atoms with Crippen molar-refractivity contribution in [2.24, 2.45) is 0 Å². The van der Waals surface area contributed by atoms with Crippen LogP contribution in [0.1, 0.15) is 6.42 Å². The van der Waals surface area contributed by atoms with Gasteiger partial charge in [-0.2, -0.15) is 0 Å². The number of hydrogen-bond donors (Lipinski definition) is 1. The zero-order valence-electron chi connectivity index (χ0n) is 6.84. The zero-order chi connectivity index (χ0) is 9.73. The number of rotatable bonds is 4. The lowest BCUT2D eigenvalue weighted by atomic mass is 10.5. The number of hydrogen-bond acceptors (Lipinski definition) is 3. The highest BCUT2D eigenvalue weighted by molar-refractivity contribution is 7.67. The van der Waals surface area contributed by atoms with Crippen LogP contribution in [0.4, 0.5) is 0 Å². The van der Waals surface area contributed by atoms with E-state index in [4.69, 9.17) is 10.9 Å². The van der Waals surface area contributed by atoms with Gasteiger partial charge in [0.15, 0.2) is 0 Å². The van der Waals surface area contributed by atoms with Crippen molar-refractivity contribution < 1.29 is 14.0 Å². The van der Waals surface area contributed by atoms with E-state index in [2.05, 4.69) is 5.92 Å². The molecular weight excluding hydrogens is 207 g/mol. The van der Waals surface area contributed by atoms with Crippen LogP contribution >= 0.6 is 18.9 Å². The molecule has 1 unspecified atom stereocenters. The Morgan fingerprint density at radius 1 is 1.77 bits per heavy atom. The molecule has 70 valence electrons. The lowest BCUT2D eigenvalue weighted by Crippen LogP contribution is -2.02. The molecule has 1 heterocycles. The Hall–Kier alpha value is -0.590. The first-order valence-corrected chi connectivity index (χ1v) is 6.07. The van der Waals surface area contributed by atoms with Crippen molar-refractivity contribution in [3.8, 4) is 12.3 Å². The molecule has 1 aromatic heterocycles. The minimum Gasteiger partial charge on any atom is -0.320 e. The predicted molar refractivity (Wildman–Crippen MR) is 53.2 cm³/mol. The normalized spacial score (nSPS) is 14.8. The molecule has 1 aromatic rings. The van der Waals surface area contributed by atoms with Crippen molar-refractivity contribution >= 4 is 23.6 Å². The topological polar surface area (TPSA) is 46.5 Å². The molecule has 1 N–H and O–H groups in total. The van der Waals surface area contributed by atoms with Crippen LogP contribution < -0.4 is 4.62 Å². The van der Waals surface area contributed by atoms with E-state index >= 15 is 0 Å². The van der Waals surface area contributed by atoms with Gasteiger partial charge in [-0.15, -0.1) is 23.7 Å². The van der Waals surface area contributed by atoms with Gasteiger partial charge in [-0.1, -0.05) is 6.07 Å². The van der Waals surface area contributed by atoms with Crippen LogP contribution in [-0.2, 0) is 9.09 Å². The zero-order valence-corrected chi connectivity index (χ0v) is 8.55. The summed E-state index contributed by atoms with van der Waals surface area (Å²) in [7, 11) is -3.60.